The number of ether oxygens (including phenoxy) is 1. The van der Waals surface area contributed by atoms with Crippen molar-refractivity contribution in [2.24, 2.45) is 0 Å². The first-order valence-corrected chi connectivity index (χ1v) is 12.3. The van der Waals surface area contributed by atoms with E-state index < -0.39 is 0 Å². The highest BCUT2D eigenvalue weighted by atomic mass is 16.5. The van der Waals surface area contributed by atoms with Gasteiger partial charge in [0.2, 0.25) is 5.91 Å². The number of methoxy groups -OCH3 is 1. The fourth-order valence-electron chi connectivity index (χ4n) is 5.00. The van der Waals surface area contributed by atoms with Crippen LogP contribution >= 0.6 is 0 Å². The molecule has 3 aromatic heterocycles. The van der Waals surface area contributed by atoms with Gasteiger partial charge in [0.25, 0.3) is 5.78 Å². The molecule has 4 heterocycles. The Morgan fingerprint density at radius 2 is 1.78 bits per heavy atom. The van der Waals surface area contributed by atoms with E-state index >= 15 is 0 Å². The van der Waals surface area contributed by atoms with Crippen molar-refractivity contribution < 1.29 is 9.53 Å². The van der Waals surface area contributed by atoms with E-state index in [2.05, 4.69) is 37.3 Å². The molecule has 0 unspecified atom stereocenters. The third kappa shape index (κ3) is 3.88. The summed E-state index contributed by atoms with van der Waals surface area (Å²) in [7, 11) is 1.67. The smallest absolute Gasteiger partial charge is 0.258 e. The van der Waals surface area contributed by atoms with Crippen molar-refractivity contribution in [3.05, 3.63) is 60.2 Å². The Morgan fingerprint density at radius 1 is 1.00 bits per heavy atom. The second-order valence-corrected chi connectivity index (χ2v) is 9.08. The first kappa shape index (κ1) is 22.3. The largest absolute Gasteiger partial charge is 0.497 e. The molecule has 184 valence electrons. The van der Waals surface area contributed by atoms with Crippen LogP contribution in [0.4, 0.5) is 5.69 Å². The molecule has 1 saturated heterocycles. The summed E-state index contributed by atoms with van der Waals surface area (Å²) in [4.78, 5) is 21.8. The van der Waals surface area contributed by atoms with Gasteiger partial charge in [0, 0.05) is 50.1 Å². The molecule has 5 aromatic rings. The van der Waals surface area contributed by atoms with Gasteiger partial charge in [-0.25, -0.2) is 4.98 Å². The first-order valence-electron chi connectivity index (χ1n) is 12.3. The minimum absolute atomic E-state index is 0.192. The topological polar surface area (TPSA) is 93.2 Å². The molecule has 0 aliphatic carbocycles. The number of rotatable bonds is 6. The van der Waals surface area contributed by atoms with Crippen molar-refractivity contribution in [3.63, 3.8) is 0 Å². The Labute approximate surface area is 208 Å². The third-order valence-corrected chi connectivity index (χ3v) is 6.86. The highest BCUT2D eigenvalue weighted by molar-refractivity contribution is 5.93. The average Bonchev–Trinajstić information content (AvgIpc) is 3.52. The van der Waals surface area contributed by atoms with Crippen molar-refractivity contribution in [1.82, 2.24) is 34.1 Å². The number of piperazine rings is 1. The lowest BCUT2D eigenvalue weighted by atomic mass is 10.2. The molecule has 0 bridgehead atoms. The Balaban J connectivity index is 1.12. The molecule has 0 spiro atoms. The average molecular weight is 485 g/mol. The summed E-state index contributed by atoms with van der Waals surface area (Å²) in [6.45, 7) is 4.98. The van der Waals surface area contributed by atoms with E-state index in [1.807, 2.05) is 52.6 Å². The zero-order valence-electron chi connectivity index (χ0n) is 20.5. The minimum Gasteiger partial charge on any atom is -0.497 e. The van der Waals surface area contributed by atoms with Gasteiger partial charge in [0.1, 0.15) is 17.4 Å². The standard InChI is InChI=1S/C26H28N8O2/c1-18-27-25-21-6-3-4-7-22(21)33-23(28-29-26(33)34(25)30-18)8-5-9-24(35)32-16-14-31(15-17-32)19-10-12-20(36-2)13-11-19/h3-4,6-7,10-13H,5,8-9,14-17H2,1-2H3. The summed E-state index contributed by atoms with van der Waals surface area (Å²) >= 11 is 0. The predicted octanol–water partition coefficient (Wildman–Crippen LogP) is 2.91. The highest BCUT2D eigenvalue weighted by Gasteiger charge is 2.22. The van der Waals surface area contributed by atoms with E-state index in [0.29, 0.717) is 30.9 Å². The van der Waals surface area contributed by atoms with Crippen LogP contribution in [0.2, 0.25) is 0 Å². The second kappa shape index (κ2) is 9.10. The summed E-state index contributed by atoms with van der Waals surface area (Å²) in [5, 5.41) is 14.4. The number of aromatic nitrogens is 6. The Morgan fingerprint density at radius 3 is 2.56 bits per heavy atom. The molecule has 0 saturated carbocycles. The molecule has 1 fully saturated rings. The van der Waals surface area contributed by atoms with Gasteiger partial charge in [-0.15, -0.1) is 15.3 Å². The molecular formula is C26H28N8O2. The number of carbonyl (C=O) groups excluding carboxylic acids is 1. The predicted molar refractivity (Wildman–Crippen MR) is 136 cm³/mol. The number of amides is 1. The molecule has 1 aliphatic heterocycles. The number of nitrogens with zero attached hydrogens (tertiary/aromatic N) is 8. The van der Waals surface area contributed by atoms with Gasteiger partial charge >= 0.3 is 0 Å². The molecule has 1 amide bonds. The van der Waals surface area contributed by atoms with E-state index in [9.17, 15) is 4.79 Å². The van der Waals surface area contributed by atoms with Crippen molar-refractivity contribution >= 4 is 33.9 Å². The molecule has 0 atom stereocenters. The van der Waals surface area contributed by atoms with Crippen molar-refractivity contribution in [1.29, 1.82) is 0 Å². The lowest BCUT2D eigenvalue weighted by Gasteiger charge is -2.36. The SMILES string of the molecule is COc1ccc(N2CCN(C(=O)CCCc3nnc4n5nc(C)nc5c5ccccc5n34)CC2)cc1. The second-order valence-electron chi connectivity index (χ2n) is 9.08. The normalized spacial score (nSPS) is 14.3. The maximum absolute atomic E-state index is 12.9. The third-order valence-electron chi connectivity index (χ3n) is 6.86. The summed E-state index contributed by atoms with van der Waals surface area (Å²) in [5.41, 5.74) is 2.93. The lowest BCUT2D eigenvalue weighted by molar-refractivity contribution is -0.131. The van der Waals surface area contributed by atoms with Gasteiger partial charge in [-0.05, 0) is 49.7 Å². The molecule has 0 N–H and O–H groups in total. The van der Waals surface area contributed by atoms with Gasteiger partial charge in [-0.3, -0.25) is 9.20 Å². The molecule has 1 aliphatic rings. The van der Waals surface area contributed by atoms with Gasteiger partial charge < -0.3 is 14.5 Å². The molecular weight excluding hydrogens is 456 g/mol. The number of carbonyl (C=O) groups is 1. The van der Waals surface area contributed by atoms with Crippen LogP contribution in [0.1, 0.15) is 24.5 Å². The fourth-order valence-corrected chi connectivity index (χ4v) is 5.00. The number of benzene rings is 2. The molecule has 6 rings (SSSR count). The first-order chi connectivity index (χ1) is 17.6. The summed E-state index contributed by atoms with van der Waals surface area (Å²) in [6, 6.07) is 16.2. The quantitative estimate of drug-likeness (QED) is 0.366. The van der Waals surface area contributed by atoms with Crippen molar-refractivity contribution in [3.8, 4) is 5.75 Å². The van der Waals surface area contributed by atoms with Crippen LogP contribution in [0.15, 0.2) is 48.5 Å². The summed E-state index contributed by atoms with van der Waals surface area (Å²) in [5.74, 6) is 3.20. The van der Waals surface area contributed by atoms with E-state index in [1.54, 1.807) is 11.6 Å². The van der Waals surface area contributed by atoms with Crippen LogP contribution in [0.3, 0.4) is 0 Å². The molecule has 36 heavy (non-hydrogen) atoms. The Bertz CT molecular complexity index is 1550. The van der Waals surface area contributed by atoms with Gasteiger partial charge in [-0.1, -0.05) is 12.1 Å². The van der Waals surface area contributed by atoms with Gasteiger partial charge in [-0.2, -0.15) is 4.52 Å². The maximum atomic E-state index is 12.9. The molecule has 10 heteroatoms. The maximum Gasteiger partial charge on any atom is 0.258 e. The molecule has 2 aromatic carbocycles. The summed E-state index contributed by atoms with van der Waals surface area (Å²) < 4.78 is 9.03. The van der Waals surface area contributed by atoms with E-state index in [4.69, 9.17) is 4.74 Å². The van der Waals surface area contributed by atoms with Crippen LogP contribution in [0.25, 0.3) is 22.3 Å². The van der Waals surface area contributed by atoms with Gasteiger partial charge in [0.15, 0.2) is 5.65 Å². The van der Waals surface area contributed by atoms with Crippen LogP contribution < -0.4 is 9.64 Å². The van der Waals surface area contributed by atoms with Crippen LogP contribution in [0, 0.1) is 6.92 Å². The zero-order valence-corrected chi connectivity index (χ0v) is 20.5. The number of hydrogen-bond acceptors (Lipinski definition) is 7. The lowest BCUT2D eigenvalue weighted by Crippen LogP contribution is -2.48. The Hall–Kier alpha value is -4.21. The number of para-hydroxylation sites is 1. The Kier molecular flexibility index (Phi) is 5.63. The monoisotopic (exact) mass is 484 g/mol. The number of hydrogen-bond donors (Lipinski definition) is 0. The van der Waals surface area contributed by atoms with Gasteiger partial charge in [0.05, 0.1) is 12.6 Å². The minimum atomic E-state index is 0.192. The van der Waals surface area contributed by atoms with Crippen LogP contribution in [0.5, 0.6) is 5.75 Å². The fraction of sp³-hybridized carbons (Fsp3) is 0.346. The number of aryl methyl sites for hydroxylation is 2. The number of fused-ring (bicyclic) bond motifs is 6. The number of anilines is 1. The van der Waals surface area contributed by atoms with E-state index in [-0.39, 0.29) is 5.91 Å². The molecule has 0 radical (unpaired) electrons. The van der Waals surface area contributed by atoms with Crippen LogP contribution in [-0.2, 0) is 11.2 Å². The highest BCUT2D eigenvalue weighted by Crippen LogP contribution is 2.23. The van der Waals surface area contributed by atoms with Crippen molar-refractivity contribution in [2.75, 3.05) is 38.2 Å². The van der Waals surface area contributed by atoms with E-state index in [1.165, 1.54) is 0 Å². The zero-order chi connectivity index (χ0) is 24.6. The van der Waals surface area contributed by atoms with Crippen molar-refractivity contribution in [2.45, 2.75) is 26.2 Å². The van der Waals surface area contributed by atoms with E-state index in [0.717, 1.165) is 60.0 Å². The summed E-state index contributed by atoms with van der Waals surface area (Å²) in [6.07, 6.45) is 1.85. The molecule has 10 nitrogen and oxygen atoms in total. The van der Waals surface area contributed by atoms with Crippen LogP contribution in [-0.4, -0.2) is 73.3 Å².